The number of hydrogen-bond donors (Lipinski definition) is 3. The molecule has 1 atom stereocenters. The first kappa shape index (κ1) is 44.5. The Labute approximate surface area is 377 Å². The number of halogens is 2. The Bertz CT molecular complexity index is 2750. The van der Waals surface area contributed by atoms with E-state index >= 15 is 0 Å². The third-order valence-corrected chi connectivity index (χ3v) is 12.3. The van der Waals surface area contributed by atoms with Gasteiger partial charge in [-0.2, -0.15) is 0 Å². The molecule has 0 spiro atoms. The summed E-state index contributed by atoms with van der Waals surface area (Å²) in [4.78, 5) is 32.8. The predicted octanol–water partition coefficient (Wildman–Crippen LogP) is 9.15. The van der Waals surface area contributed by atoms with Crippen molar-refractivity contribution >= 4 is 39.1 Å². The third kappa shape index (κ3) is 10.00. The molecular formula is C48H45ClFN5O8S. The number of hydrogen-bond acceptors (Lipinski definition) is 13. The highest BCUT2D eigenvalue weighted by Gasteiger charge is 2.29. The van der Waals surface area contributed by atoms with Crippen LogP contribution in [0.2, 0.25) is 5.02 Å². The van der Waals surface area contributed by atoms with Crippen LogP contribution in [0, 0.1) is 12.7 Å². The Balaban J connectivity index is 1.15. The molecule has 1 aliphatic heterocycles. The number of para-hydroxylation sites is 1. The van der Waals surface area contributed by atoms with Gasteiger partial charge in [-0.1, -0.05) is 60.1 Å². The summed E-state index contributed by atoms with van der Waals surface area (Å²) in [5, 5.41) is 24.3. The van der Waals surface area contributed by atoms with Gasteiger partial charge in [-0.25, -0.2) is 29.1 Å². The van der Waals surface area contributed by atoms with E-state index in [2.05, 4.69) is 20.3 Å². The minimum atomic E-state index is -1.44. The van der Waals surface area contributed by atoms with Crippen LogP contribution in [0.3, 0.4) is 0 Å². The van der Waals surface area contributed by atoms with Crippen LogP contribution in [0.4, 0.5) is 4.39 Å². The Morgan fingerprint density at radius 2 is 1.81 bits per heavy atom. The molecule has 0 aliphatic carbocycles. The molecule has 16 heteroatoms. The van der Waals surface area contributed by atoms with Crippen LogP contribution in [0.1, 0.15) is 47.1 Å². The van der Waals surface area contributed by atoms with Gasteiger partial charge in [0.15, 0.2) is 12.1 Å². The number of carboxylic acid groups (broad SMARTS) is 1. The number of aromatic nitrogens is 4. The summed E-state index contributed by atoms with van der Waals surface area (Å²) in [5.41, 5.74) is 6.25. The number of aliphatic hydroxyl groups excluding tert-OH is 1. The average Bonchev–Trinajstić information content (AvgIpc) is 3.71. The summed E-state index contributed by atoms with van der Waals surface area (Å²) in [5.74, 6) is -0.0408. The van der Waals surface area contributed by atoms with E-state index < -0.39 is 24.2 Å². The number of nitrogens with one attached hydrogen (secondary N) is 1. The number of methoxy groups -OCH3 is 1. The van der Waals surface area contributed by atoms with Crippen LogP contribution >= 0.6 is 22.9 Å². The zero-order chi connectivity index (χ0) is 44.6. The minimum absolute atomic E-state index is 0.0460. The molecule has 13 nitrogen and oxygen atoms in total. The zero-order valence-electron chi connectivity index (χ0n) is 35.1. The molecule has 330 valence electrons. The lowest BCUT2D eigenvalue weighted by atomic mass is 9.94. The van der Waals surface area contributed by atoms with Crippen molar-refractivity contribution in [2.75, 3.05) is 33.5 Å². The maximum Gasteiger partial charge on any atom is 0.345 e. The molecular weight excluding hydrogens is 861 g/mol. The SMILES string of the molecule is COc1ccccc1-c1nccc(COc2ccc(CNCCCO)cc2CC(Oc2ncnc3sc(-c4ccc(F)cc4)c(-c4ccc(C5OCCCO5)c(Cl)c4C)c23)C(=O)O)n1. The van der Waals surface area contributed by atoms with Crippen molar-refractivity contribution in [2.45, 2.75) is 51.7 Å². The molecule has 4 heterocycles. The standard InChI is InChI=1S/C48H45ClFN5O8S/c1-28-34(14-15-36(42(28)49)48-60-21-6-22-61-48)40-41-45(53-27-54-46(41)64-43(40)30-10-12-32(50)13-11-30)63-39(47(57)58)24-31-23-29(25-51-18-5-20-56)9-16-37(31)62-26-33-17-19-52-44(55-33)35-7-3-4-8-38(35)59-2/h3-4,7-17,19,23,27,39,48,51,56H,5-6,18,20-22,24-26H2,1-2H3,(H,57,58). The second kappa shape index (κ2) is 20.6. The second-order valence-electron chi connectivity index (χ2n) is 14.9. The third-order valence-electron chi connectivity index (χ3n) is 10.7. The highest BCUT2D eigenvalue weighted by atomic mass is 35.5. The fraction of sp³-hybridized carbons (Fsp3) is 0.271. The van der Waals surface area contributed by atoms with E-state index in [0.717, 1.165) is 33.6 Å². The maximum absolute atomic E-state index is 14.3. The number of carbonyl (C=O) groups is 1. The number of fused-ring (bicyclic) bond motifs is 1. The fourth-order valence-electron chi connectivity index (χ4n) is 7.46. The van der Waals surface area contributed by atoms with Crippen LogP contribution in [0.25, 0.3) is 43.2 Å². The minimum Gasteiger partial charge on any atom is -0.496 e. The topological polar surface area (TPSA) is 167 Å². The van der Waals surface area contributed by atoms with Crippen LogP contribution < -0.4 is 19.5 Å². The second-order valence-corrected chi connectivity index (χ2v) is 16.3. The number of nitrogens with zero attached hydrogens (tertiary/aromatic N) is 4. The highest BCUT2D eigenvalue weighted by Crippen LogP contribution is 2.49. The van der Waals surface area contributed by atoms with Crippen LogP contribution in [0.5, 0.6) is 17.4 Å². The quantitative estimate of drug-likeness (QED) is 0.0699. The van der Waals surface area contributed by atoms with Gasteiger partial charge in [-0.05, 0) is 90.5 Å². The van der Waals surface area contributed by atoms with Crippen molar-refractivity contribution in [2.24, 2.45) is 0 Å². The first-order valence-corrected chi connectivity index (χ1v) is 21.9. The number of aliphatic carboxylic acids is 1. The van der Waals surface area contributed by atoms with Crippen molar-refractivity contribution in [3.05, 3.63) is 136 Å². The molecule has 1 aliphatic rings. The molecule has 0 amide bonds. The van der Waals surface area contributed by atoms with E-state index in [1.807, 2.05) is 55.5 Å². The van der Waals surface area contributed by atoms with Gasteiger partial charge in [-0.15, -0.1) is 11.3 Å². The van der Waals surface area contributed by atoms with Gasteiger partial charge in [0.05, 0.1) is 42.0 Å². The average molecular weight is 906 g/mol. The van der Waals surface area contributed by atoms with Gasteiger partial charge in [0, 0.05) is 41.8 Å². The van der Waals surface area contributed by atoms with Crippen molar-refractivity contribution in [3.63, 3.8) is 0 Å². The van der Waals surface area contributed by atoms with Gasteiger partial charge in [-0.3, -0.25) is 0 Å². The first-order valence-electron chi connectivity index (χ1n) is 20.7. The largest absolute Gasteiger partial charge is 0.496 e. The summed E-state index contributed by atoms with van der Waals surface area (Å²) < 4.78 is 44.4. The fourth-order valence-corrected chi connectivity index (χ4v) is 8.87. The Morgan fingerprint density at radius 3 is 2.59 bits per heavy atom. The number of benzene rings is 4. The Morgan fingerprint density at radius 1 is 1.00 bits per heavy atom. The van der Waals surface area contributed by atoms with Crippen molar-refractivity contribution in [1.29, 1.82) is 0 Å². The van der Waals surface area contributed by atoms with Crippen molar-refractivity contribution in [3.8, 4) is 50.3 Å². The zero-order valence-corrected chi connectivity index (χ0v) is 36.6. The highest BCUT2D eigenvalue weighted by molar-refractivity contribution is 7.22. The molecule has 1 fully saturated rings. The molecule has 4 aromatic carbocycles. The lowest BCUT2D eigenvalue weighted by Crippen LogP contribution is -2.30. The molecule has 7 aromatic rings. The first-order chi connectivity index (χ1) is 31.2. The number of thiophene rings is 1. The number of ether oxygens (including phenoxy) is 5. The van der Waals surface area contributed by atoms with Crippen molar-refractivity contribution < 1.29 is 43.1 Å². The smallest absolute Gasteiger partial charge is 0.345 e. The molecule has 0 saturated carbocycles. The summed E-state index contributed by atoms with van der Waals surface area (Å²) in [7, 11) is 1.59. The molecule has 3 N–H and O–H groups in total. The van der Waals surface area contributed by atoms with Crippen LogP contribution in [-0.4, -0.2) is 75.7 Å². The van der Waals surface area contributed by atoms with Gasteiger partial charge in [0.1, 0.15) is 35.1 Å². The number of carboxylic acids is 1. The van der Waals surface area contributed by atoms with E-state index in [1.165, 1.54) is 29.8 Å². The normalized spacial score (nSPS) is 13.5. The maximum atomic E-state index is 14.3. The molecule has 1 saturated heterocycles. The Hall–Kier alpha value is -6.07. The summed E-state index contributed by atoms with van der Waals surface area (Å²) in [6.07, 6.45) is 2.18. The van der Waals surface area contributed by atoms with E-state index in [0.29, 0.717) is 93.2 Å². The predicted molar refractivity (Wildman–Crippen MR) is 241 cm³/mol. The van der Waals surface area contributed by atoms with E-state index in [-0.39, 0.29) is 25.5 Å². The molecule has 0 radical (unpaired) electrons. The number of rotatable bonds is 18. The lowest BCUT2D eigenvalue weighted by Gasteiger charge is -2.25. The molecule has 1 unspecified atom stereocenters. The molecule has 8 rings (SSSR count). The summed E-state index contributed by atoms with van der Waals surface area (Å²) >= 11 is 8.42. The monoisotopic (exact) mass is 905 g/mol. The van der Waals surface area contributed by atoms with Gasteiger partial charge >= 0.3 is 5.97 Å². The van der Waals surface area contributed by atoms with Gasteiger partial charge < -0.3 is 39.2 Å². The van der Waals surface area contributed by atoms with Crippen molar-refractivity contribution in [1.82, 2.24) is 25.3 Å². The van der Waals surface area contributed by atoms with Crippen LogP contribution in [0.15, 0.2) is 97.5 Å². The molecule has 0 bridgehead atoms. The van der Waals surface area contributed by atoms with E-state index in [9.17, 15) is 19.4 Å². The van der Waals surface area contributed by atoms with E-state index in [4.69, 9.17) is 40.3 Å². The van der Waals surface area contributed by atoms with E-state index in [1.54, 1.807) is 37.6 Å². The summed E-state index contributed by atoms with van der Waals surface area (Å²) in [6.45, 7) is 4.15. The van der Waals surface area contributed by atoms with Gasteiger partial charge in [0.25, 0.3) is 0 Å². The summed E-state index contributed by atoms with van der Waals surface area (Å²) in [6, 6.07) is 24.7. The number of aliphatic hydroxyl groups is 1. The lowest BCUT2D eigenvalue weighted by molar-refractivity contribution is -0.182. The molecule has 64 heavy (non-hydrogen) atoms. The van der Waals surface area contributed by atoms with Gasteiger partial charge in [0.2, 0.25) is 12.0 Å². The Kier molecular flexibility index (Phi) is 14.3. The molecule has 3 aromatic heterocycles. The van der Waals surface area contributed by atoms with Crippen LogP contribution in [-0.2, 0) is 33.8 Å².